The molecule has 0 atom stereocenters. The molecule has 19 heavy (non-hydrogen) atoms. The lowest BCUT2D eigenvalue weighted by Gasteiger charge is -2.13. The van der Waals surface area contributed by atoms with Crippen LogP contribution in [0.15, 0.2) is 35.7 Å². The Morgan fingerprint density at radius 3 is 2.53 bits per heavy atom. The maximum Gasteiger partial charge on any atom is 0.346 e. The number of hydrogen-bond donors (Lipinski definition) is 2. The van der Waals surface area contributed by atoms with E-state index < -0.39 is 5.97 Å². The average Bonchev–Trinajstić information content (AvgIpc) is 2.85. The number of carbonyl (C=O) groups is 1. The van der Waals surface area contributed by atoms with E-state index in [0.717, 1.165) is 16.9 Å². The molecule has 0 saturated carbocycles. The highest BCUT2D eigenvalue weighted by molar-refractivity contribution is 7.12. The van der Waals surface area contributed by atoms with Crippen LogP contribution in [-0.4, -0.2) is 25.2 Å². The van der Waals surface area contributed by atoms with E-state index in [1.165, 1.54) is 11.3 Å². The number of nitrogens with zero attached hydrogens (tertiary/aromatic N) is 1. The number of thiophene rings is 1. The fourth-order valence-corrected chi connectivity index (χ4v) is 2.50. The van der Waals surface area contributed by atoms with E-state index >= 15 is 0 Å². The smallest absolute Gasteiger partial charge is 0.346 e. The number of rotatable bonds is 5. The predicted molar refractivity (Wildman–Crippen MR) is 79.4 cm³/mol. The Bertz CT molecular complexity index is 561. The third-order valence-electron chi connectivity index (χ3n) is 2.81. The number of carboxylic acids is 1. The Kier molecular flexibility index (Phi) is 4.06. The summed E-state index contributed by atoms with van der Waals surface area (Å²) < 4.78 is 0. The third-order valence-corrected chi connectivity index (χ3v) is 3.75. The summed E-state index contributed by atoms with van der Waals surface area (Å²) in [4.78, 5) is 13.4. The van der Waals surface area contributed by atoms with Crippen LogP contribution in [0.5, 0.6) is 0 Å². The molecule has 1 aromatic carbocycles. The van der Waals surface area contributed by atoms with Crippen molar-refractivity contribution in [3.63, 3.8) is 0 Å². The van der Waals surface area contributed by atoms with Crippen LogP contribution in [0, 0.1) is 0 Å². The Morgan fingerprint density at radius 2 is 1.95 bits per heavy atom. The fraction of sp³-hybridized carbons (Fsp3) is 0.214. The molecule has 0 bridgehead atoms. The zero-order valence-electron chi connectivity index (χ0n) is 10.9. The van der Waals surface area contributed by atoms with E-state index in [-0.39, 0.29) is 0 Å². The second-order valence-corrected chi connectivity index (χ2v) is 5.29. The van der Waals surface area contributed by atoms with Crippen LogP contribution in [0.4, 0.5) is 11.4 Å². The highest BCUT2D eigenvalue weighted by Crippen LogP contribution is 2.20. The highest BCUT2D eigenvalue weighted by Gasteiger charge is 2.10. The van der Waals surface area contributed by atoms with Gasteiger partial charge in [-0.3, -0.25) is 0 Å². The molecule has 2 aromatic rings. The first-order chi connectivity index (χ1) is 9.08. The molecule has 0 saturated heterocycles. The van der Waals surface area contributed by atoms with Crippen molar-refractivity contribution in [1.29, 1.82) is 0 Å². The zero-order valence-corrected chi connectivity index (χ0v) is 11.7. The molecule has 1 aromatic heterocycles. The molecule has 100 valence electrons. The van der Waals surface area contributed by atoms with E-state index in [4.69, 9.17) is 5.11 Å². The monoisotopic (exact) mass is 276 g/mol. The summed E-state index contributed by atoms with van der Waals surface area (Å²) >= 11 is 1.25. The second-order valence-electron chi connectivity index (χ2n) is 4.37. The predicted octanol–water partition coefficient (Wildman–Crippen LogP) is 3.12. The maximum atomic E-state index is 11.0. The Labute approximate surface area is 116 Å². The lowest BCUT2D eigenvalue weighted by atomic mass is 10.2. The molecule has 0 aliphatic heterocycles. The molecule has 1 heterocycles. The molecule has 4 nitrogen and oxygen atoms in total. The van der Waals surface area contributed by atoms with Gasteiger partial charge >= 0.3 is 5.97 Å². The summed E-state index contributed by atoms with van der Waals surface area (Å²) in [6.07, 6.45) is 0. The number of nitrogens with one attached hydrogen (secondary N) is 1. The van der Waals surface area contributed by atoms with Crippen molar-refractivity contribution in [3.8, 4) is 0 Å². The number of hydrogen-bond acceptors (Lipinski definition) is 4. The summed E-state index contributed by atoms with van der Waals surface area (Å²) in [5, 5.41) is 14.1. The average molecular weight is 276 g/mol. The molecular weight excluding hydrogens is 260 g/mol. The summed E-state index contributed by atoms with van der Waals surface area (Å²) in [7, 11) is 3.99. The van der Waals surface area contributed by atoms with Crippen molar-refractivity contribution in [3.05, 3.63) is 46.2 Å². The minimum absolute atomic E-state index is 0.400. The zero-order chi connectivity index (χ0) is 13.8. The van der Waals surface area contributed by atoms with Gasteiger partial charge in [0.25, 0.3) is 0 Å². The summed E-state index contributed by atoms with van der Waals surface area (Å²) in [5.41, 5.74) is 2.93. The van der Waals surface area contributed by atoms with Gasteiger partial charge in [-0.1, -0.05) is 0 Å². The van der Waals surface area contributed by atoms with Gasteiger partial charge in [0, 0.05) is 32.0 Å². The number of carboxylic acid groups (broad SMARTS) is 1. The molecule has 0 aliphatic carbocycles. The topological polar surface area (TPSA) is 52.6 Å². The van der Waals surface area contributed by atoms with Gasteiger partial charge in [0.1, 0.15) is 4.88 Å². The van der Waals surface area contributed by atoms with E-state index in [2.05, 4.69) is 5.32 Å². The van der Waals surface area contributed by atoms with Crippen LogP contribution < -0.4 is 10.2 Å². The van der Waals surface area contributed by atoms with Crippen molar-refractivity contribution < 1.29 is 9.90 Å². The van der Waals surface area contributed by atoms with Gasteiger partial charge in [-0.15, -0.1) is 11.3 Å². The van der Waals surface area contributed by atoms with Crippen LogP contribution in [0.25, 0.3) is 0 Å². The van der Waals surface area contributed by atoms with E-state index in [1.807, 2.05) is 49.3 Å². The van der Waals surface area contributed by atoms with Gasteiger partial charge in [-0.05, 0) is 41.3 Å². The number of benzene rings is 1. The molecule has 0 aliphatic rings. The van der Waals surface area contributed by atoms with Crippen LogP contribution >= 0.6 is 11.3 Å². The molecular formula is C14H16N2O2S. The van der Waals surface area contributed by atoms with Crippen LogP contribution in [0.1, 0.15) is 15.2 Å². The minimum Gasteiger partial charge on any atom is -0.477 e. The summed E-state index contributed by atoms with van der Waals surface area (Å²) in [5.74, 6) is -0.866. The molecule has 0 radical (unpaired) electrons. The normalized spacial score (nSPS) is 10.2. The highest BCUT2D eigenvalue weighted by atomic mass is 32.1. The van der Waals surface area contributed by atoms with E-state index in [9.17, 15) is 4.79 Å². The SMILES string of the molecule is CN(C)c1ccc(NCc2ccsc2C(=O)O)cc1. The van der Waals surface area contributed by atoms with Gasteiger partial charge in [-0.2, -0.15) is 0 Å². The maximum absolute atomic E-state index is 11.0. The van der Waals surface area contributed by atoms with Gasteiger partial charge in [-0.25, -0.2) is 4.79 Å². The summed E-state index contributed by atoms with van der Waals surface area (Å²) in [6, 6.07) is 9.86. The van der Waals surface area contributed by atoms with Gasteiger partial charge in [0.15, 0.2) is 0 Å². The van der Waals surface area contributed by atoms with Gasteiger partial charge in [0.2, 0.25) is 0 Å². The third kappa shape index (κ3) is 3.26. The first-order valence-electron chi connectivity index (χ1n) is 5.89. The fourth-order valence-electron chi connectivity index (χ4n) is 1.74. The standard InChI is InChI=1S/C14H16N2O2S/c1-16(2)12-5-3-11(4-6-12)15-9-10-7-8-19-13(10)14(17)18/h3-8,15H,9H2,1-2H3,(H,17,18). The Balaban J connectivity index is 2.02. The Hall–Kier alpha value is -2.01. The number of anilines is 2. The molecule has 0 unspecified atom stereocenters. The van der Waals surface area contributed by atoms with Crippen molar-refractivity contribution >= 4 is 28.7 Å². The largest absolute Gasteiger partial charge is 0.477 e. The first kappa shape index (κ1) is 13.4. The lowest BCUT2D eigenvalue weighted by molar-refractivity contribution is 0.0701. The van der Waals surface area contributed by atoms with Crippen LogP contribution in [0.3, 0.4) is 0 Å². The lowest BCUT2D eigenvalue weighted by Crippen LogP contribution is -2.08. The first-order valence-corrected chi connectivity index (χ1v) is 6.77. The van der Waals surface area contributed by atoms with Crippen molar-refractivity contribution in [2.24, 2.45) is 0 Å². The van der Waals surface area contributed by atoms with Crippen molar-refractivity contribution in [1.82, 2.24) is 0 Å². The quantitative estimate of drug-likeness (QED) is 0.881. The van der Waals surface area contributed by atoms with Crippen LogP contribution in [-0.2, 0) is 6.54 Å². The summed E-state index contributed by atoms with van der Waals surface area (Å²) in [6.45, 7) is 0.520. The van der Waals surface area contributed by atoms with Crippen LogP contribution in [0.2, 0.25) is 0 Å². The molecule has 0 amide bonds. The van der Waals surface area contributed by atoms with Gasteiger partial charge in [0.05, 0.1) is 0 Å². The molecule has 2 N–H and O–H groups in total. The van der Waals surface area contributed by atoms with E-state index in [0.29, 0.717) is 11.4 Å². The number of aromatic carboxylic acids is 1. The molecule has 0 fully saturated rings. The second kappa shape index (κ2) is 5.75. The Morgan fingerprint density at radius 1 is 1.26 bits per heavy atom. The van der Waals surface area contributed by atoms with Crippen molar-refractivity contribution in [2.75, 3.05) is 24.3 Å². The minimum atomic E-state index is -0.866. The molecule has 0 spiro atoms. The van der Waals surface area contributed by atoms with Gasteiger partial charge < -0.3 is 15.3 Å². The molecule has 5 heteroatoms. The van der Waals surface area contributed by atoms with Crippen molar-refractivity contribution in [2.45, 2.75) is 6.54 Å². The molecule has 2 rings (SSSR count). The van der Waals surface area contributed by atoms with E-state index in [1.54, 1.807) is 5.38 Å².